The highest BCUT2D eigenvalue weighted by atomic mass is 127. The quantitative estimate of drug-likeness (QED) is 0.374. The Kier molecular flexibility index (Phi) is 8.26. The van der Waals surface area contributed by atoms with E-state index in [9.17, 15) is 0 Å². The maximum Gasteiger partial charge on any atom is 0.193 e. The molecule has 3 heterocycles. The van der Waals surface area contributed by atoms with Gasteiger partial charge in [0.1, 0.15) is 24.3 Å². The third-order valence-corrected chi connectivity index (χ3v) is 4.56. The van der Waals surface area contributed by atoms with Crippen molar-refractivity contribution in [2.75, 3.05) is 26.2 Å². The average Bonchev–Trinajstić information content (AvgIpc) is 3.33. The lowest BCUT2D eigenvalue weighted by molar-refractivity contribution is 0.298. The summed E-state index contributed by atoms with van der Waals surface area (Å²) in [5, 5.41) is 18.5. The Morgan fingerprint density at radius 1 is 1.35 bits per heavy atom. The smallest absolute Gasteiger partial charge is 0.193 e. The van der Waals surface area contributed by atoms with Crippen LogP contribution in [-0.2, 0) is 13.0 Å². The van der Waals surface area contributed by atoms with Crippen LogP contribution in [0, 0.1) is 0 Å². The highest BCUT2D eigenvalue weighted by molar-refractivity contribution is 14.0. The molecule has 9 nitrogen and oxygen atoms in total. The number of aryl methyl sites for hydroxylation is 1. The van der Waals surface area contributed by atoms with Crippen molar-refractivity contribution in [3.63, 3.8) is 0 Å². The van der Waals surface area contributed by atoms with E-state index >= 15 is 0 Å². The summed E-state index contributed by atoms with van der Waals surface area (Å²) in [6.45, 7) is 8.54. The molecule has 1 fully saturated rings. The van der Waals surface area contributed by atoms with Gasteiger partial charge in [-0.1, -0.05) is 6.92 Å². The topological polar surface area (TPSA) is 99.9 Å². The second kappa shape index (κ2) is 10.4. The molecule has 1 aliphatic heterocycles. The van der Waals surface area contributed by atoms with E-state index in [1.54, 1.807) is 12.7 Å². The molecule has 1 saturated heterocycles. The van der Waals surface area contributed by atoms with E-state index in [0.29, 0.717) is 5.92 Å². The minimum Gasteiger partial charge on any atom is -0.357 e. The molecule has 26 heavy (non-hydrogen) atoms. The number of halogens is 1. The molecule has 0 bridgehead atoms. The van der Waals surface area contributed by atoms with Gasteiger partial charge in [0, 0.05) is 38.5 Å². The number of hydrogen-bond donors (Lipinski definition) is 2. The summed E-state index contributed by atoms with van der Waals surface area (Å²) in [4.78, 5) is 11.4. The lowest BCUT2D eigenvalue weighted by atomic mass is 9.96. The minimum absolute atomic E-state index is 0. The Morgan fingerprint density at radius 2 is 2.15 bits per heavy atom. The Hall–Kier alpha value is -1.72. The number of nitrogens with one attached hydrogen (secondary N) is 2. The molecule has 0 unspecified atom stereocenters. The molecule has 2 aromatic heterocycles. The number of rotatable bonds is 6. The van der Waals surface area contributed by atoms with Crippen LogP contribution in [0.1, 0.15) is 44.3 Å². The molecule has 0 aliphatic carbocycles. The van der Waals surface area contributed by atoms with Crippen LogP contribution in [0.4, 0.5) is 0 Å². The molecule has 3 rings (SSSR count). The molecule has 10 heteroatoms. The third-order valence-electron chi connectivity index (χ3n) is 4.56. The van der Waals surface area contributed by atoms with Gasteiger partial charge < -0.3 is 14.8 Å². The molecule has 0 atom stereocenters. The van der Waals surface area contributed by atoms with Gasteiger partial charge in [-0.2, -0.15) is 5.10 Å². The van der Waals surface area contributed by atoms with Crippen LogP contribution >= 0.6 is 24.0 Å². The standard InChI is InChI=1S/C16H27N9.HI/c1-3-14-22-21-12-25(14)10-7-18-16(17-4-2)24-8-5-13(6-9-24)15-19-11-20-23-15;/h11-13H,3-10H2,1-2H3,(H,17,18)(H,19,20,23);1H. The Labute approximate surface area is 171 Å². The molecule has 1 aliphatic rings. The number of H-pyrrole nitrogens is 1. The largest absolute Gasteiger partial charge is 0.357 e. The predicted octanol–water partition coefficient (Wildman–Crippen LogP) is 1.42. The van der Waals surface area contributed by atoms with E-state index < -0.39 is 0 Å². The third kappa shape index (κ3) is 5.15. The Balaban J connectivity index is 0.00000243. The van der Waals surface area contributed by atoms with Gasteiger partial charge in [-0.05, 0) is 19.8 Å². The van der Waals surface area contributed by atoms with Crippen molar-refractivity contribution < 1.29 is 0 Å². The zero-order valence-corrected chi connectivity index (χ0v) is 17.8. The van der Waals surface area contributed by atoms with Crippen molar-refractivity contribution in [1.82, 2.24) is 40.2 Å². The fourth-order valence-corrected chi connectivity index (χ4v) is 3.21. The average molecular weight is 473 g/mol. The van der Waals surface area contributed by atoms with Gasteiger partial charge in [-0.25, -0.2) is 4.98 Å². The van der Waals surface area contributed by atoms with Crippen LogP contribution in [0.25, 0.3) is 0 Å². The van der Waals surface area contributed by atoms with E-state index in [1.165, 1.54) is 0 Å². The summed E-state index contributed by atoms with van der Waals surface area (Å²) < 4.78 is 2.07. The highest BCUT2D eigenvalue weighted by Gasteiger charge is 2.24. The number of aromatic amines is 1. The van der Waals surface area contributed by atoms with Crippen LogP contribution in [0.3, 0.4) is 0 Å². The summed E-state index contributed by atoms with van der Waals surface area (Å²) in [6, 6.07) is 0. The van der Waals surface area contributed by atoms with Crippen molar-refractivity contribution in [2.24, 2.45) is 4.99 Å². The molecule has 0 spiro atoms. The maximum absolute atomic E-state index is 4.79. The Morgan fingerprint density at radius 3 is 2.81 bits per heavy atom. The molecule has 0 radical (unpaired) electrons. The fourth-order valence-electron chi connectivity index (χ4n) is 3.21. The van der Waals surface area contributed by atoms with Crippen LogP contribution in [0.5, 0.6) is 0 Å². The first-order valence-electron chi connectivity index (χ1n) is 9.07. The van der Waals surface area contributed by atoms with E-state index in [0.717, 1.165) is 69.6 Å². The van der Waals surface area contributed by atoms with Crippen molar-refractivity contribution in [3.8, 4) is 0 Å². The van der Waals surface area contributed by atoms with Gasteiger partial charge in [0.25, 0.3) is 0 Å². The van der Waals surface area contributed by atoms with Crippen LogP contribution in [0.2, 0.25) is 0 Å². The molecular formula is C16H28IN9. The van der Waals surface area contributed by atoms with Crippen LogP contribution < -0.4 is 5.32 Å². The summed E-state index contributed by atoms with van der Waals surface area (Å²) >= 11 is 0. The normalized spacial score (nSPS) is 15.8. The molecule has 0 amide bonds. The second-order valence-corrected chi connectivity index (χ2v) is 6.16. The van der Waals surface area contributed by atoms with E-state index in [1.807, 2.05) is 0 Å². The van der Waals surface area contributed by atoms with Crippen molar-refractivity contribution in [3.05, 3.63) is 24.3 Å². The zero-order valence-electron chi connectivity index (χ0n) is 15.4. The minimum atomic E-state index is 0. The first-order chi connectivity index (χ1) is 12.3. The lowest BCUT2D eigenvalue weighted by Crippen LogP contribution is -2.45. The molecule has 0 saturated carbocycles. The fraction of sp³-hybridized carbons (Fsp3) is 0.688. The van der Waals surface area contributed by atoms with Crippen LogP contribution in [0.15, 0.2) is 17.6 Å². The SMILES string of the molecule is CCNC(=NCCn1cnnc1CC)N1CCC(c2ncn[nH]2)CC1.I. The molecule has 2 aromatic rings. The van der Waals surface area contributed by atoms with Gasteiger partial charge in [0.15, 0.2) is 5.96 Å². The van der Waals surface area contributed by atoms with E-state index in [-0.39, 0.29) is 24.0 Å². The van der Waals surface area contributed by atoms with E-state index in [2.05, 4.69) is 54.0 Å². The van der Waals surface area contributed by atoms with Gasteiger partial charge in [0.05, 0.1) is 6.54 Å². The first-order valence-corrected chi connectivity index (χ1v) is 9.07. The summed E-state index contributed by atoms with van der Waals surface area (Å²) in [5.41, 5.74) is 0. The number of hydrogen-bond acceptors (Lipinski definition) is 5. The Bertz CT molecular complexity index is 659. The molecule has 0 aromatic carbocycles. The summed E-state index contributed by atoms with van der Waals surface area (Å²) in [5.74, 6) is 3.46. The number of piperidine rings is 1. The van der Waals surface area contributed by atoms with Crippen molar-refractivity contribution in [2.45, 2.75) is 45.6 Å². The zero-order chi connectivity index (χ0) is 17.5. The second-order valence-electron chi connectivity index (χ2n) is 6.16. The number of nitrogens with zero attached hydrogens (tertiary/aromatic N) is 7. The number of aliphatic imine (C=N–C) groups is 1. The highest BCUT2D eigenvalue weighted by Crippen LogP contribution is 2.24. The number of guanidine groups is 1. The predicted molar refractivity (Wildman–Crippen MR) is 111 cm³/mol. The van der Waals surface area contributed by atoms with Gasteiger partial charge in [-0.3, -0.25) is 10.1 Å². The van der Waals surface area contributed by atoms with E-state index in [4.69, 9.17) is 4.99 Å². The first kappa shape index (κ1) is 20.6. The molecular weight excluding hydrogens is 445 g/mol. The summed E-state index contributed by atoms with van der Waals surface area (Å²) in [7, 11) is 0. The van der Waals surface area contributed by atoms with Gasteiger partial charge >= 0.3 is 0 Å². The van der Waals surface area contributed by atoms with Gasteiger partial charge in [-0.15, -0.1) is 34.2 Å². The monoisotopic (exact) mass is 473 g/mol. The van der Waals surface area contributed by atoms with Crippen molar-refractivity contribution in [1.29, 1.82) is 0 Å². The van der Waals surface area contributed by atoms with Crippen LogP contribution in [-0.4, -0.2) is 67.0 Å². The van der Waals surface area contributed by atoms with Crippen molar-refractivity contribution >= 4 is 29.9 Å². The lowest BCUT2D eigenvalue weighted by Gasteiger charge is -2.33. The number of aromatic nitrogens is 6. The molecule has 144 valence electrons. The van der Waals surface area contributed by atoms with Gasteiger partial charge in [0.2, 0.25) is 0 Å². The number of likely N-dealkylation sites (tertiary alicyclic amines) is 1. The molecule has 2 N–H and O–H groups in total. The summed E-state index contributed by atoms with van der Waals surface area (Å²) in [6.07, 6.45) is 6.38. The maximum atomic E-state index is 4.79.